The van der Waals surface area contributed by atoms with Gasteiger partial charge in [0.2, 0.25) is 5.90 Å². The summed E-state index contributed by atoms with van der Waals surface area (Å²) in [4.78, 5) is 0. The Hall–Kier alpha value is -0.990. The fraction of sp³-hybridized carbons (Fsp3) is 0.667. The van der Waals surface area contributed by atoms with Crippen molar-refractivity contribution < 1.29 is 4.74 Å². The Morgan fingerprint density at radius 2 is 2.17 bits per heavy atom. The minimum Gasteiger partial charge on any atom is -0.446 e. The van der Waals surface area contributed by atoms with Crippen molar-refractivity contribution in [2.45, 2.75) is 26.7 Å². The minimum atomic E-state index is 0.320. The predicted molar refractivity (Wildman–Crippen MR) is 49.4 cm³/mol. The summed E-state index contributed by atoms with van der Waals surface area (Å²) in [6, 6.07) is 0. The summed E-state index contributed by atoms with van der Waals surface area (Å²) in [7, 11) is 0. The number of hydrazone groups is 1. The lowest BCUT2D eigenvalue weighted by atomic mass is 10.2. The number of nitrogens with two attached hydrogens (primary N) is 1. The van der Waals surface area contributed by atoms with Gasteiger partial charge in [-0.2, -0.15) is 0 Å². The Labute approximate surface area is 73.3 Å². The summed E-state index contributed by atoms with van der Waals surface area (Å²) in [5, 5.41) is 3.61. The Morgan fingerprint density at radius 1 is 1.58 bits per heavy atom. The van der Waals surface area contributed by atoms with Crippen LogP contribution in [-0.2, 0) is 4.74 Å². The summed E-state index contributed by atoms with van der Waals surface area (Å²) in [5.41, 5.74) is 0. The van der Waals surface area contributed by atoms with Gasteiger partial charge < -0.3 is 10.6 Å². The normalized spacial score (nSPS) is 18.1. The Kier molecular flexibility index (Phi) is 2.74. The van der Waals surface area contributed by atoms with Gasteiger partial charge in [-0.1, -0.05) is 20.4 Å². The monoisotopic (exact) mass is 168 g/mol. The van der Waals surface area contributed by atoms with Gasteiger partial charge >= 0.3 is 0 Å². The zero-order valence-corrected chi connectivity index (χ0v) is 7.71. The van der Waals surface area contributed by atoms with Crippen LogP contribution >= 0.6 is 0 Å². The van der Waals surface area contributed by atoms with Gasteiger partial charge in [0.1, 0.15) is 5.76 Å². The molecule has 0 unspecified atom stereocenters. The molecule has 0 spiro atoms. The molecule has 0 aromatic rings. The predicted octanol–water partition coefficient (Wildman–Crippen LogP) is 1.85. The molecule has 0 aromatic carbocycles. The van der Waals surface area contributed by atoms with Gasteiger partial charge in [-0.3, -0.25) is 0 Å². The molecule has 1 aliphatic carbocycles. The van der Waals surface area contributed by atoms with Crippen molar-refractivity contribution in [2.24, 2.45) is 22.8 Å². The van der Waals surface area contributed by atoms with Crippen LogP contribution < -0.4 is 5.84 Å². The molecule has 0 atom stereocenters. The Balaban J connectivity index is 2.42. The smallest absolute Gasteiger partial charge is 0.214 e. The van der Waals surface area contributed by atoms with Gasteiger partial charge in [0.05, 0.1) is 0 Å². The standard InChI is InChI=1S/C9H16N2O/c1-6(2)7(3)12-9(11-10)8-4-5-8/h6,8H,3-5,10H2,1-2H3/b11-9-. The van der Waals surface area contributed by atoms with Crippen LogP contribution in [0, 0.1) is 11.8 Å². The maximum atomic E-state index is 5.42. The van der Waals surface area contributed by atoms with E-state index in [0.29, 0.717) is 17.7 Å². The highest BCUT2D eigenvalue weighted by Crippen LogP contribution is 2.32. The van der Waals surface area contributed by atoms with E-state index in [0.717, 1.165) is 18.6 Å². The van der Waals surface area contributed by atoms with E-state index in [9.17, 15) is 0 Å². The van der Waals surface area contributed by atoms with E-state index in [-0.39, 0.29) is 0 Å². The summed E-state index contributed by atoms with van der Waals surface area (Å²) < 4.78 is 5.42. The summed E-state index contributed by atoms with van der Waals surface area (Å²) in [5.74, 6) is 7.34. The Morgan fingerprint density at radius 3 is 2.50 bits per heavy atom. The van der Waals surface area contributed by atoms with Crippen molar-refractivity contribution in [3.63, 3.8) is 0 Å². The molecule has 0 aromatic heterocycles. The number of hydrogen-bond acceptors (Lipinski definition) is 3. The lowest BCUT2D eigenvalue weighted by Crippen LogP contribution is -2.11. The second-order valence-corrected chi connectivity index (χ2v) is 3.46. The van der Waals surface area contributed by atoms with Gasteiger partial charge in [0, 0.05) is 11.8 Å². The lowest BCUT2D eigenvalue weighted by molar-refractivity contribution is 0.346. The third-order valence-electron chi connectivity index (χ3n) is 1.93. The zero-order chi connectivity index (χ0) is 9.14. The molecule has 1 fully saturated rings. The van der Waals surface area contributed by atoms with E-state index in [1.54, 1.807) is 0 Å². The number of rotatable bonds is 3. The molecule has 1 rings (SSSR count). The van der Waals surface area contributed by atoms with Crippen LogP contribution in [0.2, 0.25) is 0 Å². The molecule has 0 saturated heterocycles. The molecule has 68 valence electrons. The van der Waals surface area contributed by atoms with Crippen LogP contribution in [0.5, 0.6) is 0 Å². The molecular formula is C9H16N2O. The molecule has 0 radical (unpaired) electrons. The third-order valence-corrected chi connectivity index (χ3v) is 1.93. The number of ether oxygens (including phenoxy) is 1. The quantitative estimate of drug-likeness (QED) is 0.230. The minimum absolute atomic E-state index is 0.320. The van der Waals surface area contributed by atoms with Crippen LogP contribution in [-0.4, -0.2) is 5.90 Å². The number of allylic oxidation sites excluding steroid dienone is 1. The lowest BCUT2D eigenvalue weighted by Gasteiger charge is -2.11. The van der Waals surface area contributed by atoms with Gasteiger partial charge in [-0.25, -0.2) is 0 Å². The molecular weight excluding hydrogens is 152 g/mol. The first-order valence-corrected chi connectivity index (χ1v) is 4.29. The topological polar surface area (TPSA) is 47.6 Å². The number of nitrogens with zero attached hydrogens (tertiary/aromatic N) is 1. The van der Waals surface area contributed by atoms with Crippen molar-refractivity contribution in [3.8, 4) is 0 Å². The second-order valence-electron chi connectivity index (χ2n) is 3.46. The highest BCUT2D eigenvalue weighted by molar-refractivity contribution is 5.81. The highest BCUT2D eigenvalue weighted by atomic mass is 16.5. The summed E-state index contributed by atoms with van der Waals surface area (Å²) in [6.07, 6.45) is 2.28. The molecule has 1 saturated carbocycles. The van der Waals surface area contributed by atoms with Crippen LogP contribution in [0.15, 0.2) is 17.4 Å². The van der Waals surface area contributed by atoms with E-state index >= 15 is 0 Å². The van der Waals surface area contributed by atoms with Crippen LogP contribution in [0.25, 0.3) is 0 Å². The molecule has 0 heterocycles. The van der Waals surface area contributed by atoms with E-state index in [2.05, 4.69) is 11.7 Å². The van der Waals surface area contributed by atoms with Gasteiger partial charge in [-0.05, 0) is 12.8 Å². The molecule has 3 nitrogen and oxygen atoms in total. The van der Waals surface area contributed by atoms with E-state index in [4.69, 9.17) is 10.6 Å². The first kappa shape index (κ1) is 9.10. The van der Waals surface area contributed by atoms with Crippen LogP contribution in [0.4, 0.5) is 0 Å². The fourth-order valence-corrected chi connectivity index (χ4v) is 0.798. The largest absolute Gasteiger partial charge is 0.446 e. The fourth-order valence-electron chi connectivity index (χ4n) is 0.798. The maximum absolute atomic E-state index is 5.42. The number of hydrogen-bond donors (Lipinski definition) is 1. The van der Waals surface area contributed by atoms with Crippen molar-refractivity contribution in [3.05, 3.63) is 12.3 Å². The second kappa shape index (κ2) is 3.61. The molecule has 0 bridgehead atoms. The van der Waals surface area contributed by atoms with Gasteiger partial charge in [-0.15, -0.1) is 5.10 Å². The highest BCUT2D eigenvalue weighted by Gasteiger charge is 2.30. The third kappa shape index (κ3) is 2.26. The van der Waals surface area contributed by atoms with Crippen LogP contribution in [0.1, 0.15) is 26.7 Å². The van der Waals surface area contributed by atoms with Crippen molar-refractivity contribution in [2.75, 3.05) is 0 Å². The average Bonchev–Trinajstić information content (AvgIpc) is 2.82. The molecule has 0 amide bonds. The van der Waals surface area contributed by atoms with Crippen molar-refractivity contribution >= 4 is 5.90 Å². The van der Waals surface area contributed by atoms with Gasteiger partial charge in [0.15, 0.2) is 0 Å². The van der Waals surface area contributed by atoms with Crippen molar-refractivity contribution in [1.29, 1.82) is 0 Å². The molecule has 12 heavy (non-hydrogen) atoms. The van der Waals surface area contributed by atoms with Gasteiger partial charge in [0.25, 0.3) is 0 Å². The first-order valence-electron chi connectivity index (χ1n) is 4.29. The SMILES string of the molecule is C=C(O/C(=N\N)C1CC1)C(C)C. The maximum Gasteiger partial charge on any atom is 0.214 e. The Bertz CT molecular complexity index is 205. The summed E-state index contributed by atoms with van der Waals surface area (Å²) >= 11 is 0. The molecule has 0 aliphatic heterocycles. The van der Waals surface area contributed by atoms with Crippen LogP contribution in [0.3, 0.4) is 0 Å². The molecule has 2 N–H and O–H groups in total. The summed E-state index contributed by atoms with van der Waals surface area (Å²) in [6.45, 7) is 7.86. The van der Waals surface area contributed by atoms with E-state index in [1.807, 2.05) is 13.8 Å². The zero-order valence-electron chi connectivity index (χ0n) is 7.71. The first-order chi connectivity index (χ1) is 5.65. The van der Waals surface area contributed by atoms with E-state index < -0.39 is 0 Å². The average molecular weight is 168 g/mol. The molecule has 3 heteroatoms. The van der Waals surface area contributed by atoms with E-state index in [1.165, 1.54) is 0 Å². The molecule has 1 aliphatic rings. The van der Waals surface area contributed by atoms with Crippen molar-refractivity contribution in [1.82, 2.24) is 0 Å².